The van der Waals surface area contributed by atoms with Gasteiger partial charge in [0.05, 0.1) is 4.90 Å². The van der Waals surface area contributed by atoms with Crippen LogP contribution in [0.5, 0.6) is 0 Å². The van der Waals surface area contributed by atoms with Crippen molar-refractivity contribution in [2.45, 2.75) is 30.2 Å². The molecule has 0 radical (unpaired) electrons. The van der Waals surface area contributed by atoms with Gasteiger partial charge in [0.2, 0.25) is 10.0 Å². The molecule has 0 spiro atoms. The lowest BCUT2D eigenvalue weighted by atomic mass is 10.1. The van der Waals surface area contributed by atoms with E-state index in [1.165, 1.54) is 10.4 Å². The first kappa shape index (κ1) is 21.3. The van der Waals surface area contributed by atoms with Gasteiger partial charge in [-0.1, -0.05) is 42.8 Å². The molecule has 2 aromatic carbocycles. The van der Waals surface area contributed by atoms with Crippen LogP contribution in [0.2, 0.25) is 0 Å². The molecule has 7 nitrogen and oxygen atoms in total. The molecule has 4 rings (SSSR count). The average Bonchev–Trinajstić information content (AvgIpc) is 3.24. The summed E-state index contributed by atoms with van der Waals surface area (Å²) in [4.78, 5) is 17.7. The topological polar surface area (TPSA) is 84.3 Å². The summed E-state index contributed by atoms with van der Waals surface area (Å²) in [6, 6.07) is 15.4. The number of carbonyl (C=O) groups excluding carboxylic acids is 1. The van der Waals surface area contributed by atoms with Crippen LogP contribution >= 0.6 is 0 Å². The number of aromatic nitrogens is 2. The molecular weight excluding hydrogens is 412 g/mol. The summed E-state index contributed by atoms with van der Waals surface area (Å²) in [6.45, 7) is 1.04. The second kappa shape index (κ2) is 9.03. The zero-order valence-corrected chi connectivity index (χ0v) is 18.3. The number of imidazole rings is 1. The standard InChI is InChI=1S/C23H26N4O3S/c1-26-16-13-24-22(26)21(18-9-4-2-5-10-18)25-23(28)19-11-8-12-20(17-19)31(29,30)27-14-6-3-7-15-27/h2,4-5,8-13,16-17,21H,3,6-7,14-15H2,1H3,(H,25,28). The number of nitrogens with one attached hydrogen (secondary N) is 1. The highest BCUT2D eigenvalue weighted by Gasteiger charge is 2.27. The minimum absolute atomic E-state index is 0.148. The summed E-state index contributed by atoms with van der Waals surface area (Å²) >= 11 is 0. The van der Waals surface area contributed by atoms with Gasteiger partial charge in [-0.25, -0.2) is 13.4 Å². The Hall–Kier alpha value is -2.97. The summed E-state index contributed by atoms with van der Waals surface area (Å²) in [5, 5.41) is 3.02. The van der Waals surface area contributed by atoms with E-state index < -0.39 is 16.1 Å². The van der Waals surface area contributed by atoms with Crippen molar-refractivity contribution in [2.24, 2.45) is 7.05 Å². The minimum atomic E-state index is -3.61. The summed E-state index contributed by atoms with van der Waals surface area (Å²) in [7, 11) is -1.74. The number of amides is 1. The maximum absolute atomic E-state index is 13.1. The van der Waals surface area contributed by atoms with Crippen molar-refractivity contribution in [1.29, 1.82) is 0 Å². The molecule has 8 heteroatoms. The van der Waals surface area contributed by atoms with Gasteiger partial charge in [-0.3, -0.25) is 4.79 Å². The first-order valence-electron chi connectivity index (χ1n) is 10.4. The minimum Gasteiger partial charge on any atom is -0.338 e. The van der Waals surface area contributed by atoms with Crippen molar-refractivity contribution in [3.8, 4) is 0 Å². The van der Waals surface area contributed by atoms with Gasteiger partial charge >= 0.3 is 0 Å². The number of rotatable bonds is 6. The molecule has 1 aliphatic rings. The van der Waals surface area contributed by atoms with Crippen LogP contribution in [0.1, 0.15) is 47.1 Å². The van der Waals surface area contributed by atoms with Crippen LogP contribution in [0.25, 0.3) is 0 Å². The molecule has 1 aliphatic heterocycles. The molecule has 0 bridgehead atoms. The lowest BCUT2D eigenvalue weighted by Crippen LogP contribution is -2.36. The third-order valence-electron chi connectivity index (χ3n) is 5.57. The molecule has 0 aliphatic carbocycles. The van der Waals surface area contributed by atoms with Gasteiger partial charge in [-0.2, -0.15) is 4.31 Å². The lowest BCUT2D eigenvalue weighted by molar-refractivity contribution is 0.0941. The van der Waals surface area contributed by atoms with Crippen molar-refractivity contribution in [1.82, 2.24) is 19.2 Å². The van der Waals surface area contributed by atoms with Crippen molar-refractivity contribution in [3.05, 3.63) is 83.9 Å². The zero-order valence-electron chi connectivity index (χ0n) is 17.4. The monoisotopic (exact) mass is 438 g/mol. The lowest BCUT2D eigenvalue weighted by Gasteiger charge is -2.26. The van der Waals surface area contributed by atoms with E-state index in [4.69, 9.17) is 0 Å². The van der Waals surface area contributed by atoms with Crippen LogP contribution < -0.4 is 5.32 Å². The normalized spacial score (nSPS) is 16.0. The predicted molar refractivity (Wildman–Crippen MR) is 118 cm³/mol. The molecule has 1 fully saturated rings. The Balaban J connectivity index is 1.62. The molecule has 2 heterocycles. The molecule has 1 amide bonds. The third kappa shape index (κ3) is 4.55. The Bertz CT molecular complexity index is 1150. The van der Waals surface area contributed by atoms with Crippen molar-refractivity contribution < 1.29 is 13.2 Å². The highest BCUT2D eigenvalue weighted by Crippen LogP contribution is 2.23. The molecule has 3 aromatic rings. The Morgan fingerprint density at radius 3 is 2.45 bits per heavy atom. The van der Waals surface area contributed by atoms with Crippen LogP contribution in [0.4, 0.5) is 0 Å². The number of nitrogens with zero attached hydrogens (tertiary/aromatic N) is 3. The maximum atomic E-state index is 13.1. The van der Waals surface area contributed by atoms with E-state index in [9.17, 15) is 13.2 Å². The Morgan fingerprint density at radius 1 is 1.03 bits per heavy atom. The van der Waals surface area contributed by atoms with Crippen LogP contribution in [0, 0.1) is 0 Å². The van der Waals surface area contributed by atoms with Gasteiger partial charge in [0, 0.05) is 38.1 Å². The molecule has 31 heavy (non-hydrogen) atoms. The van der Waals surface area contributed by atoms with E-state index >= 15 is 0 Å². The third-order valence-corrected chi connectivity index (χ3v) is 7.47. The summed E-state index contributed by atoms with van der Waals surface area (Å²) < 4.78 is 29.4. The fourth-order valence-corrected chi connectivity index (χ4v) is 5.43. The van der Waals surface area contributed by atoms with Gasteiger partial charge in [0.1, 0.15) is 11.9 Å². The van der Waals surface area contributed by atoms with Crippen LogP contribution in [0.3, 0.4) is 0 Å². The molecular formula is C23H26N4O3S. The Morgan fingerprint density at radius 2 is 1.77 bits per heavy atom. The smallest absolute Gasteiger partial charge is 0.252 e. The SMILES string of the molecule is Cn1ccnc1C(NC(=O)c1cccc(S(=O)(=O)N2CCCCC2)c1)c1ccccc1. The number of sulfonamides is 1. The van der Waals surface area contributed by atoms with Gasteiger partial charge in [-0.15, -0.1) is 0 Å². The molecule has 1 atom stereocenters. The van der Waals surface area contributed by atoms with Crippen molar-refractivity contribution >= 4 is 15.9 Å². The number of aryl methyl sites for hydroxylation is 1. The summed E-state index contributed by atoms with van der Waals surface area (Å²) in [5.41, 5.74) is 1.19. The second-order valence-corrected chi connectivity index (χ2v) is 9.64. The number of carbonyl (C=O) groups is 1. The fourth-order valence-electron chi connectivity index (χ4n) is 3.86. The van der Waals surface area contributed by atoms with Gasteiger partial charge in [-0.05, 0) is 36.6 Å². The first-order valence-corrected chi connectivity index (χ1v) is 11.8. The van der Waals surface area contributed by atoms with E-state index in [1.54, 1.807) is 24.4 Å². The quantitative estimate of drug-likeness (QED) is 0.641. The Labute approximate surface area is 182 Å². The van der Waals surface area contributed by atoms with Crippen LogP contribution in [0.15, 0.2) is 71.9 Å². The Kier molecular flexibility index (Phi) is 6.20. The fraction of sp³-hybridized carbons (Fsp3) is 0.304. The van der Waals surface area contributed by atoms with Crippen LogP contribution in [-0.2, 0) is 17.1 Å². The van der Waals surface area contributed by atoms with Crippen molar-refractivity contribution in [2.75, 3.05) is 13.1 Å². The number of hydrogen-bond donors (Lipinski definition) is 1. The number of hydrogen-bond acceptors (Lipinski definition) is 4. The molecule has 162 valence electrons. The first-order chi connectivity index (χ1) is 15.0. The summed E-state index contributed by atoms with van der Waals surface area (Å²) in [5.74, 6) is 0.337. The molecule has 1 unspecified atom stereocenters. The summed E-state index contributed by atoms with van der Waals surface area (Å²) in [6.07, 6.45) is 6.28. The van der Waals surface area contributed by atoms with E-state index in [-0.39, 0.29) is 10.8 Å². The highest BCUT2D eigenvalue weighted by molar-refractivity contribution is 7.89. The van der Waals surface area contributed by atoms with Crippen LogP contribution in [-0.4, -0.2) is 41.3 Å². The zero-order chi connectivity index (χ0) is 21.8. The van der Waals surface area contributed by atoms with E-state index in [2.05, 4.69) is 10.3 Å². The second-order valence-electron chi connectivity index (χ2n) is 7.71. The largest absolute Gasteiger partial charge is 0.338 e. The molecule has 1 saturated heterocycles. The predicted octanol–water partition coefficient (Wildman–Crippen LogP) is 3.11. The van der Waals surface area contributed by atoms with Gasteiger partial charge in [0.25, 0.3) is 5.91 Å². The van der Waals surface area contributed by atoms with Gasteiger partial charge < -0.3 is 9.88 Å². The average molecular weight is 439 g/mol. The number of benzene rings is 2. The van der Waals surface area contributed by atoms with E-state index in [1.807, 2.05) is 48.1 Å². The molecule has 1 N–H and O–H groups in total. The van der Waals surface area contributed by atoms with E-state index in [0.717, 1.165) is 24.8 Å². The molecule has 0 saturated carbocycles. The highest BCUT2D eigenvalue weighted by atomic mass is 32.2. The van der Waals surface area contributed by atoms with Crippen molar-refractivity contribution in [3.63, 3.8) is 0 Å². The number of piperidine rings is 1. The molecule has 1 aromatic heterocycles. The van der Waals surface area contributed by atoms with E-state index in [0.29, 0.717) is 24.5 Å². The van der Waals surface area contributed by atoms with Gasteiger partial charge in [0.15, 0.2) is 0 Å². The maximum Gasteiger partial charge on any atom is 0.252 e.